The summed E-state index contributed by atoms with van der Waals surface area (Å²) in [4.78, 5) is 16.8. The summed E-state index contributed by atoms with van der Waals surface area (Å²) < 4.78 is 6.82. The number of benzene rings is 2. The lowest BCUT2D eigenvalue weighted by Crippen LogP contribution is -2.20. The van der Waals surface area contributed by atoms with E-state index >= 15 is 0 Å². The largest absolute Gasteiger partial charge is 0.483 e. The maximum Gasteiger partial charge on any atom is 0.264 e. The monoisotopic (exact) mass is 512 g/mol. The van der Waals surface area contributed by atoms with Gasteiger partial charge in [0.25, 0.3) is 5.91 Å². The van der Waals surface area contributed by atoms with Gasteiger partial charge in [0, 0.05) is 20.4 Å². The van der Waals surface area contributed by atoms with Crippen LogP contribution in [0.3, 0.4) is 0 Å². The number of hydrogen-bond acceptors (Lipinski definition) is 4. The molecule has 29 heavy (non-hydrogen) atoms. The first-order valence-corrected chi connectivity index (χ1v) is 11.3. The fourth-order valence-electron chi connectivity index (χ4n) is 2.70. The Kier molecular flexibility index (Phi) is 7.22. The number of aryl methyl sites for hydroxylation is 1. The summed E-state index contributed by atoms with van der Waals surface area (Å²) in [6.07, 6.45) is 0. The Bertz CT molecular complexity index is 1050. The average Bonchev–Trinajstić information content (AvgIpc) is 3.10. The van der Waals surface area contributed by atoms with Crippen LogP contribution in [0.1, 0.15) is 30.9 Å². The normalized spacial score (nSPS) is 11.0. The number of amides is 1. The van der Waals surface area contributed by atoms with E-state index in [9.17, 15) is 4.79 Å². The summed E-state index contributed by atoms with van der Waals surface area (Å²) in [5, 5.41) is 6.16. The van der Waals surface area contributed by atoms with Gasteiger partial charge in [-0.25, -0.2) is 4.98 Å². The molecule has 3 rings (SSSR count). The van der Waals surface area contributed by atoms with Crippen molar-refractivity contribution in [2.45, 2.75) is 26.7 Å². The van der Waals surface area contributed by atoms with Crippen LogP contribution in [0.25, 0.3) is 11.3 Å². The molecule has 4 nitrogen and oxygen atoms in total. The molecule has 0 aliphatic heterocycles. The minimum atomic E-state index is -0.275. The molecule has 1 amide bonds. The molecule has 1 aromatic heterocycles. The number of anilines is 1. The van der Waals surface area contributed by atoms with E-state index in [0.29, 0.717) is 26.6 Å². The zero-order valence-electron chi connectivity index (χ0n) is 16.1. The highest BCUT2D eigenvalue weighted by Crippen LogP contribution is 2.33. The Morgan fingerprint density at radius 1 is 1.28 bits per heavy atom. The highest BCUT2D eigenvalue weighted by molar-refractivity contribution is 9.10. The molecule has 0 aliphatic rings. The van der Waals surface area contributed by atoms with Gasteiger partial charge in [0.2, 0.25) is 0 Å². The first-order chi connectivity index (χ1) is 13.7. The van der Waals surface area contributed by atoms with Crippen molar-refractivity contribution in [2.24, 2.45) is 0 Å². The predicted molar refractivity (Wildman–Crippen MR) is 125 cm³/mol. The van der Waals surface area contributed by atoms with E-state index in [4.69, 9.17) is 27.9 Å². The third kappa shape index (κ3) is 5.51. The lowest BCUT2D eigenvalue weighted by molar-refractivity contribution is -0.118. The molecule has 3 aromatic rings. The van der Waals surface area contributed by atoms with Gasteiger partial charge < -0.3 is 4.74 Å². The molecule has 0 unspecified atom stereocenters. The van der Waals surface area contributed by atoms with Crippen molar-refractivity contribution < 1.29 is 9.53 Å². The lowest BCUT2D eigenvalue weighted by atomic mass is 10.0. The molecule has 1 heterocycles. The number of nitrogens with zero attached hydrogens (tertiary/aromatic N) is 1. The molecule has 0 fully saturated rings. The second-order valence-electron chi connectivity index (χ2n) is 6.79. The molecule has 0 spiro atoms. The third-order valence-electron chi connectivity index (χ3n) is 4.23. The van der Waals surface area contributed by atoms with Gasteiger partial charge in [0.15, 0.2) is 11.7 Å². The van der Waals surface area contributed by atoms with Crippen molar-refractivity contribution in [1.29, 1.82) is 0 Å². The van der Waals surface area contributed by atoms with Crippen molar-refractivity contribution in [3.05, 3.63) is 61.4 Å². The minimum absolute atomic E-state index is 0.0998. The summed E-state index contributed by atoms with van der Waals surface area (Å²) in [6.45, 7) is 6.06. The van der Waals surface area contributed by atoms with Gasteiger partial charge in [0.1, 0.15) is 5.75 Å². The van der Waals surface area contributed by atoms with E-state index in [-0.39, 0.29) is 18.4 Å². The molecule has 152 valence electrons. The van der Waals surface area contributed by atoms with E-state index in [1.807, 2.05) is 24.4 Å². The number of rotatable bonds is 6. The molecule has 0 saturated carbocycles. The van der Waals surface area contributed by atoms with Crippen LogP contribution < -0.4 is 10.1 Å². The molecule has 2 aromatic carbocycles. The molecule has 0 aliphatic carbocycles. The second kappa shape index (κ2) is 9.47. The Balaban J connectivity index is 1.67. The third-order valence-corrected chi connectivity index (χ3v) is 6.39. The van der Waals surface area contributed by atoms with Crippen molar-refractivity contribution in [3.63, 3.8) is 0 Å². The van der Waals surface area contributed by atoms with Gasteiger partial charge in [0.05, 0.1) is 10.7 Å². The SMILES string of the molecule is Cc1cc(OCC(=O)Nc2nc(-c3ccc(Cl)cc3Cl)cs2)c(C(C)C)cc1Br. The lowest BCUT2D eigenvalue weighted by Gasteiger charge is -2.15. The Labute approximate surface area is 192 Å². The minimum Gasteiger partial charge on any atom is -0.483 e. The van der Waals surface area contributed by atoms with E-state index in [0.717, 1.165) is 21.2 Å². The maximum absolute atomic E-state index is 12.4. The number of carbonyl (C=O) groups excluding carboxylic acids is 1. The van der Waals surface area contributed by atoms with Gasteiger partial charge in [-0.2, -0.15) is 0 Å². The van der Waals surface area contributed by atoms with Crippen LogP contribution in [-0.4, -0.2) is 17.5 Å². The molecule has 0 saturated heterocycles. The molecule has 0 bridgehead atoms. The van der Waals surface area contributed by atoms with Crippen molar-refractivity contribution in [1.82, 2.24) is 4.98 Å². The van der Waals surface area contributed by atoms with Gasteiger partial charge in [-0.05, 0) is 54.3 Å². The number of aromatic nitrogens is 1. The smallest absolute Gasteiger partial charge is 0.264 e. The number of halogens is 3. The molecule has 0 radical (unpaired) electrons. The van der Waals surface area contributed by atoms with Gasteiger partial charge >= 0.3 is 0 Å². The van der Waals surface area contributed by atoms with E-state index in [2.05, 4.69) is 40.1 Å². The van der Waals surface area contributed by atoms with Crippen LogP contribution in [0.2, 0.25) is 10.0 Å². The van der Waals surface area contributed by atoms with E-state index in [1.54, 1.807) is 18.2 Å². The fraction of sp³-hybridized carbons (Fsp3) is 0.238. The first-order valence-electron chi connectivity index (χ1n) is 8.88. The molecule has 8 heteroatoms. The van der Waals surface area contributed by atoms with Crippen LogP contribution in [0.4, 0.5) is 5.13 Å². The topological polar surface area (TPSA) is 51.2 Å². The molecule has 0 atom stereocenters. The van der Waals surface area contributed by atoms with Crippen molar-refractivity contribution >= 4 is 61.5 Å². The number of carbonyl (C=O) groups is 1. The quantitative estimate of drug-likeness (QED) is 0.375. The number of thiazole rings is 1. The van der Waals surface area contributed by atoms with Crippen molar-refractivity contribution in [3.8, 4) is 17.0 Å². The highest BCUT2D eigenvalue weighted by Gasteiger charge is 2.14. The summed E-state index contributed by atoms with van der Waals surface area (Å²) in [5.74, 6) is 0.711. The fourth-order valence-corrected chi connectivity index (χ4v) is 4.29. The number of ether oxygens (including phenoxy) is 1. The summed E-state index contributed by atoms with van der Waals surface area (Å²) >= 11 is 17.0. The first kappa shape index (κ1) is 22.1. The number of nitrogens with one attached hydrogen (secondary N) is 1. The zero-order chi connectivity index (χ0) is 21.1. The van der Waals surface area contributed by atoms with Gasteiger partial charge in [-0.15, -0.1) is 11.3 Å². The Hall–Kier alpha value is -1.60. The number of hydrogen-bond donors (Lipinski definition) is 1. The van der Waals surface area contributed by atoms with Gasteiger partial charge in [-0.1, -0.05) is 53.0 Å². The van der Waals surface area contributed by atoms with E-state index in [1.165, 1.54) is 11.3 Å². The highest BCUT2D eigenvalue weighted by atomic mass is 79.9. The van der Waals surface area contributed by atoms with Crippen LogP contribution in [-0.2, 0) is 4.79 Å². The average molecular weight is 514 g/mol. The van der Waals surface area contributed by atoms with Crippen LogP contribution in [0.15, 0.2) is 40.2 Å². The summed E-state index contributed by atoms with van der Waals surface area (Å²) in [6, 6.07) is 9.20. The van der Waals surface area contributed by atoms with Crippen molar-refractivity contribution in [2.75, 3.05) is 11.9 Å². The zero-order valence-corrected chi connectivity index (χ0v) is 20.0. The Morgan fingerprint density at radius 3 is 2.72 bits per heavy atom. The summed E-state index contributed by atoms with van der Waals surface area (Å²) in [7, 11) is 0. The Morgan fingerprint density at radius 2 is 2.03 bits per heavy atom. The molecular formula is C21H19BrCl2N2O2S. The second-order valence-corrected chi connectivity index (χ2v) is 9.35. The molecular weight excluding hydrogens is 495 g/mol. The van der Waals surface area contributed by atoms with Crippen LogP contribution in [0, 0.1) is 6.92 Å². The van der Waals surface area contributed by atoms with Crippen LogP contribution >= 0.6 is 50.5 Å². The van der Waals surface area contributed by atoms with Gasteiger partial charge in [-0.3, -0.25) is 10.1 Å². The standard InChI is InChI=1S/C21H19BrCl2N2O2S/c1-11(2)15-8-16(22)12(3)6-19(15)28-9-20(27)26-21-25-18(10-29-21)14-5-4-13(23)7-17(14)24/h4-8,10-11H,9H2,1-3H3,(H,25,26,27). The van der Waals surface area contributed by atoms with Crippen LogP contribution in [0.5, 0.6) is 5.75 Å². The van der Waals surface area contributed by atoms with E-state index < -0.39 is 0 Å². The molecule has 1 N–H and O–H groups in total. The predicted octanol–water partition coefficient (Wildman–Crippen LogP) is 7.33. The summed E-state index contributed by atoms with van der Waals surface area (Å²) in [5.41, 5.74) is 3.54. The maximum atomic E-state index is 12.4.